The van der Waals surface area contributed by atoms with Crippen molar-refractivity contribution in [1.29, 1.82) is 0 Å². The molecule has 0 aliphatic carbocycles. The molecule has 0 unspecified atom stereocenters. The number of aromatic nitrogens is 1. The third-order valence-electron chi connectivity index (χ3n) is 1.71. The molecule has 0 radical (unpaired) electrons. The molecule has 0 aliphatic rings. The van der Waals surface area contributed by atoms with Gasteiger partial charge in [0.05, 0.1) is 7.11 Å². The molecule has 1 heterocycles. The molecule has 0 saturated carbocycles. The van der Waals surface area contributed by atoms with Gasteiger partial charge in [-0.1, -0.05) is 6.07 Å². The fourth-order valence-corrected chi connectivity index (χ4v) is 1.02. The maximum Gasteiger partial charge on any atom is 0.323 e. The zero-order valence-corrected chi connectivity index (χ0v) is 7.74. The first-order chi connectivity index (χ1) is 6.63. The van der Waals surface area contributed by atoms with E-state index in [1.165, 1.54) is 19.2 Å². The SMILES string of the molecule is COC(=O)[C@@H](N)Cc1cccc(F)n1. The summed E-state index contributed by atoms with van der Waals surface area (Å²) in [5, 5.41) is 0. The van der Waals surface area contributed by atoms with Crippen LogP contribution in [-0.2, 0) is 16.0 Å². The largest absolute Gasteiger partial charge is 0.468 e. The Morgan fingerprint density at radius 1 is 1.71 bits per heavy atom. The topological polar surface area (TPSA) is 65.2 Å². The van der Waals surface area contributed by atoms with Gasteiger partial charge >= 0.3 is 5.97 Å². The molecule has 0 amide bonds. The highest BCUT2D eigenvalue weighted by Crippen LogP contribution is 2.01. The third-order valence-corrected chi connectivity index (χ3v) is 1.71. The van der Waals surface area contributed by atoms with Gasteiger partial charge in [-0.2, -0.15) is 4.39 Å². The van der Waals surface area contributed by atoms with Crippen LogP contribution >= 0.6 is 0 Å². The fraction of sp³-hybridized carbons (Fsp3) is 0.333. The summed E-state index contributed by atoms with van der Waals surface area (Å²) in [6, 6.07) is 3.55. The highest BCUT2D eigenvalue weighted by atomic mass is 19.1. The van der Waals surface area contributed by atoms with Gasteiger partial charge in [-0.25, -0.2) is 4.98 Å². The van der Waals surface area contributed by atoms with Crippen LogP contribution in [0.4, 0.5) is 4.39 Å². The Kier molecular flexibility index (Phi) is 3.53. The van der Waals surface area contributed by atoms with Gasteiger partial charge in [-0.15, -0.1) is 0 Å². The summed E-state index contributed by atoms with van der Waals surface area (Å²) in [6.07, 6.45) is 0.171. The van der Waals surface area contributed by atoms with Crippen LogP contribution in [0.3, 0.4) is 0 Å². The second kappa shape index (κ2) is 4.66. The number of nitrogens with two attached hydrogens (primary N) is 1. The molecular formula is C9H11FN2O2. The van der Waals surface area contributed by atoms with Crippen LogP contribution in [0.25, 0.3) is 0 Å². The van der Waals surface area contributed by atoms with Gasteiger partial charge < -0.3 is 10.5 Å². The van der Waals surface area contributed by atoms with E-state index in [1.54, 1.807) is 6.07 Å². The lowest BCUT2D eigenvalue weighted by molar-refractivity contribution is -0.142. The van der Waals surface area contributed by atoms with E-state index in [-0.39, 0.29) is 6.42 Å². The molecule has 1 atom stereocenters. The van der Waals surface area contributed by atoms with Gasteiger partial charge in [-0.3, -0.25) is 4.79 Å². The number of carbonyl (C=O) groups is 1. The maximum atomic E-state index is 12.6. The summed E-state index contributed by atoms with van der Waals surface area (Å²) in [7, 11) is 1.25. The Morgan fingerprint density at radius 3 is 3.00 bits per heavy atom. The van der Waals surface area contributed by atoms with Crippen LogP contribution in [0.15, 0.2) is 18.2 Å². The summed E-state index contributed by atoms with van der Waals surface area (Å²) in [4.78, 5) is 14.5. The van der Waals surface area contributed by atoms with Crippen molar-refractivity contribution in [1.82, 2.24) is 4.98 Å². The van der Waals surface area contributed by atoms with Crippen LogP contribution < -0.4 is 5.73 Å². The molecule has 1 rings (SSSR count). The minimum Gasteiger partial charge on any atom is -0.468 e. The maximum absolute atomic E-state index is 12.6. The Labute approximate surface area is 80.9 Å². The lowest BCUT2D eigenvalue weighted by atomic mass is 10.1. The minimum atomic E-state index is -0.797. The van der Waals surface area contributed by atoms with Gasteiger partial charge in [0.25, 0.3) is 0 Å². The third kappa shape index (κ3) is 2.77. The molecule has 0 bridgehead atoms. The van der Waals surface area contributed by atoms with E-state index in [0.29, 0.717) is 5.69 Å². The van der Waals surface area contributed by atoms with E-state index in [9.17, 15) is 9.18 Å². The highest BCUT2D eigenvalue weighted by Gasteiger charge is 2.14. The predicted molar refractivity (Wildman–Crippen MR) is 47.9 cm³/mol. The van der Waals surface area contributed by atoms with E-state index in [0.717, 1.165) is 0 Å². The van der Waals surface area contributed by atoms with Crippen molar-refractivity contribution in [2.24, 2.45) is 5.73 Å². The van der Waals surface area contributed by atoms with Crippen molar-refractivity contribution in [3.63, 3.8) is 0 Å². The number of methoxy groups -OCH3 is 1. The monoisotopic (exact) mass is 198 g/mol. The number of halogens is 1. The smallest absolute Gasteiger partial charge is 0.323 e. The summed E-state index contributed by atoms with van der Waals surface area (Å²) in [5.41, 5.74) is 5.91. The first-order valence-electron chi connectivity index (χ1n) is 4.08. The average Bonchev–Trinajstić information content (AvgIpc) is 2.16. The van der Waals surface area contributed by atoms with Crippen molar-refractivity contribution in [2.45, 2.75) is 12.5 Å². The van der Waals surface area contributed by atoms with Crippen molar-refractivity contribution in [2.75, 3.05) is 7.11 Å². The quantitative estimate of drug-likeness (QED) is 0.559. The highest BCUT2D eigenvalue weighted by molar-refractivity contribution is 5.75. The number of esters is 1. The molecule has 0 aromatic carbocycles. The standard InChI is InChI=1S/C9H11FN2O2/c1-14-9(13)7(11)5-6-3-2-4-8(10)12-6/h2-4,7H,5,11H2,1H3/t7-/m0/s1. The van der Waals surface area contributed by atoms with Crippen LogP contribution in [0.2, 0.25) is 0 Å². The van der Waals surface area contributed by atoms with E-state index in [1.807, 2.05) is 0 Å². The number of ether oxygens (including phenoxy) is 1. The van der Waals surface area contributed by atoms with Gasteiger partial charge in [0.15, 0.2) is 0 Å². The molecule has 2 N–H and O–H groups in total. The van der Waals surface area contributed by atoms with Gasteiger partial charge in [0.1, 0.15) is 6.04 Å². The van der Waals surface area contributed by atoms with Gasteiger partial charge in [0.2, 0.25) is 5.95 Å². The fourth-order valence-electron chi connectivity index (χ4n) is 1.02. The molecule has 76 valence electrons. The Balaban J connectivity index is 2.64. The van der Waals surface area contributed by atoms with Crippen molar-refractivity contribution in [3.8, 4) is 0 Å². The van der Waals surface area contributed by atoms with Crippen LogP contribution in [-0.4, -0.2) is 24.1 Å². The molecular weight excluding hydrogens is 187 g/mol. The van der Waals surface area contributed by atoms with E-state index < -0.39 is 18.0 Å². The molecule has 4 nitrogen and oxygen atoms in total. The van der Waals surface area contributed by atoms with Crippen molar-refractivity contribution in [3.05, 3.63) is 29.8 Å². The van der Waals surface area contributed by atoms with E-state index >= 15 is 0 Å². The average molecular weight is 198 g/mol. The zero-order chi connectivity index (χ0) is 10.6. The predicted octanol–water partition coefficient (Wildman–Crippen LogP) is 0.263. The number of nitrogens with zero attached hydrogens (tertiary/aromatic N) is 1. The Hall–Kier alpha value is -1.49. The van der Waals surface area contributed by atoms with Crippen molar-refractivity contribution < 1.29 is 13.9 Å². The minimum absolute atomic E-state index is 0.171. The molecule has 0 saturated heterocycles. The second-order valence-corrected chi connectivity index (χ2v) is 2.79. The molecule has 1 aromatic rings. The number of pyridine rings is 1. The first-order valence-corrected chi connectivity index (χ1v) is 4.08. The summed E-state index contributed by atoms with van der Waals surface area (Å²) < 4.78 is 17.1. The number of rotatable bonds is 3. The molecule has 1 aromatic heterocycles. The molecule has 0 fully saturated rings. The lowest BCUT2D eigenvalue weighted by Crippen LogP contribution is -2.33. The summed E-state index contributed by atoms with van der Waals surface area (Å²) in [5.74, 6) is -1.12. The summed E-state index contributed by atoms with van der Waals surface area (Å²) in [6.45, 7) is 0. The molecule has 14 heavy (non-hydrogen) atoms. The normalized spacial score (nSPS) is 12.2. The second-order valence-electron chi connectivity index (χ2n) is 2.79. The van der Waals surface area contributed by atoms with E-state index in [2.05, 4.69) is 9.72 Å². The first kappa shape index (κ1) is 10.6. The van der Waals surface area contributed by atoms with Crippen LogP contribution in [0, 0.1) is 5.95 Å². The van der Waals surface area contributed by atoms with Crippen LogP contribution in [0.5, 0.6) is 0 Å². The molecule has 5 heteroatoms. The van der Waals surface area contributed by atoms with Crippen molar-refractivity contribution >= 4 is 5.97 Å². The van der Waals surface area contributed by atoms with Gasteiger partial charge in [-0.05, 0) is 12.1 Å². The lowest BCUT2D eigenvalue weighted by Gasteiger charge is -2.07. The molecule has 0 aliphatic heterocycles. The Bertz CT molecular complexity index is 330. The number of hydrogen-bond acceptors (Lipinski definition) is 4. The van der Waals surface area contributed by atoms with Crippen LogP contribution in [0.1, 0.15) is 5.69 Å². The van der Waals surface area contributed by atoms with Gasteiger partial charge in [0, 0.05) is 12.1 Å². The Morgan fingerprint density at radius 2 is 2.43 bits per heavy atom. The number of carbonyl (C=O) groups excluding carboxylic acids is 1. The molecule has 0 spiro atoms. The summed E-state index contributed by atoms with van der Waals surface area (Å²) >= 11 is 0. The van der Waals surface area contributed by atoms with E-state index in [4.69, 9.17) is 5.73 Å². The number of hydrogen-bond donors (Lipinski definition) is 1. The zero-order valence-electron chi connectivity index (χ0n) is 7.74.